The molecule has 12 heavy (non-hydrogen) atoms. The molecule has 1 fully saturated rings. The Morgan fingerprint density at radius 1 is 1.58 bits per heavy atom. The van der Waals surface area contributed by atoms with Crippen LogP contribution in [0.5, 0.6) is 0 Å². The zero-order chi connectivity index (χ0) is 9.03. The maximum atomic E-state index is 11.4. The van der Waals surface area contributed by atoms with Crippen LogP contribution in [0.1, 0.15) is 12.8 Å². The second-order valence-electron chi connectivity index (χ2n) is 2.96. The van der Waals surface area contributed by atoms with Gasteiger partial charge in [0.2, 0.25) is 0 Å². The minimum absolute atomic E-state index is 0.127. The van der Waals surface area contributed by atoms with E-state index in [9.17, 15) is 4.79 Å². The van der Waals surface area contributed by atoms with Gasteiger partial charge in [0.15, 0.2) is 0 Å². The van der Waals surface area contributed by atoms with Crippen molar-refractivity contribution < 1.29 is 9.53 Å². The number of esters is 1. The highest BCUT2D eigenvalue weighted by molar-refractivity contribution is 7.99. The molecule has 0 spiro atoms. The Bertz CT molecular complexity index is 183. The summed E-state index contributed by atoms with van der Waals surface area (Å²) >= 11 is 1.88. The van der Waals surface area contributed by atoms with Crippen LogP contribution < -0.4 is 0 Å². The molecule has 0 unspecified atom stereocenters. The van der Waals surface area contributed by atoms with Crippen LogP contribution in [-0.2, 0) is 9.53 Å². The van der Waals surface area contributed by atoms with E-state index in [1.807, 2.05) is 11.8 Å². The molecule has 0 aromatic heterocycles. The van der Waals surface area contributed by atoms with Gasteiger partial charge in [-0.25, -0.2) is 0 Å². The molecule has 0 aromatic carbocycles. The van der Waals surface area contributed by atoms with Crippen LogP contribution in [0.4, 0.5) is 0 Å². The maximum absolute atomic E-state index is 11.4. The fourth-order valence-electron chi connectivity index (χ4n) is 1.43. The van der Waals surface area contributed by atoms with Gasteiger partial charge in [0, 0.05) is 0 Å². The van der Waals surface area contributed by atoms with Crippen molar-refractivity contribution in [2.24, 2.45) is 5.41 Å². The molecule has 0 bridgehead atoms. The van der Waals surface area contributed by atoms with Gasteiger partial charge in [0.1, 0.15) is 0 Å². The van der Waals surface area contributed by atoms with Gasteiger partial charge >= 0.3 is 5.97 Å². The van der Waals surface area contributed by atoms with Gasteiger partial charge in [0.25, 0.3) is 0 Å². The number of thioether (sulfide) groups is 1. The summed E-state index contributed by atoms with van der Waals surface area (Å²) in [6.45, 7) is 3.72. The van der Waals surface area contributed by atoms with Crippen molar-refractivity contribution in [3.05, 3.63) is 12.7 Å². The molecule has 0 radical (unpaired) electrons. The smallest absolute Gasteiger partial charge is 0.315 e. The molecule has 0 aromatic rings. The van der Waals surface area contributed by atoms with Crippen molar-refractivity contribution in [3.8, 4) is 0 Å². The summed E-state index contributed by atoms with van der Waals surface area (Å²) in [7, 11) is 1.44. The molecule has 0 amide bonds. The minimum Gasteiger partial charge on any atom is -0.468 e. The van der Waals surface area contributed by atoms with Crippen LogP contribution in [0.15, 0.2) is 12.7 Å². The van der Waals surface area contributed by atoms with Crippen molar-refractivity contribution >= 4 is 17.7 Å². The lowest BCUT2D eigenvalue weighted by atomic mass is 9.82. The normalized spacial score (nSPS) is 21.4. The number of carbonyl (C=O) groups is 1. The second kappa shape index (κ2) is 3.99. The predicted octanol–water partition coefficient (Wildman–Crippen LogP) is 1.86. The lowest BCUT2D eigenvalue weighted by molar-refractivity contribution is -0.150. The van der Waals surface area contributed by atoms with E-state index in [-0.39, 0.29) is 11.4 Å². The Balaban J connectivity index is 2.72. The number of rotatable bonds is 2. The van der Waals surface area contributed by atoms with Crippen LogP contribution in [0.25, 0.3) is 0 Å². The highest BCUT2D eigenvalue weighted by Crippen LogP contribution is 2.36. The Labute approximate surface area is 77.4 Å². The minimum atomic E-state index is -0.389. The van der Waals surface area contributed by atoms with E-state index in [0.29, 0.717) is 0 Å². The largest absolute Gasteiger partial charge is 0.468 e. The topological polar surface area (TPSA) is 26.3 Å². The summed E-state index contributed by atoms with van der Waals surface area (Å²) in [6, 6.07) is 0. The molecule has 0 atom stereocenters. The Morgan fingerprint density at radius 2 is 2.17 bits per heavy atom. The molecule has 1 heterocycles. The standard InChI is InChI=1S/C9H14O2S/c1-3-9(8(10)11-2)4-6-12-7-5-9/h3H,1,4-7H2,2H3. The third-order valence-corrected chi connectivity index (χ3v) is 3.35. The SMILES string of the molecule is C=CC1(C(=O)OC)CCSCC1. The van der Waals surface area contributed by atoms with Crippen LogP contribution in [-0.4, -0.2) is 24.6 Å². The van der Waals surface area contributed by atoms with Crippen molar-refractivity contribution in [2.45, 2.75) is 12.8 Å². The molecular weight excluding hydrogens is 172 g/mol. The molecule has 3 heteroatoms. The van der Waals surface area contributed by atoms with Gasteiger partial charge in [-0.3, -0.25) is 4.79 Å². The Morgan fingerprint density at radius 3 is 2.58 bits per heavy atom. The molecule has 0 saturated carbocycles. The van der Waals surface area contributed by atoms with E-state index in [0.717, 1.165) is 24.3 Å². The zero-order valence-corrected chi connectivity index (χ0v) is 8.15. The molecule has 0 aliphatic carbocycles. The number of ether oxygens (including phenoxy) is 1. The van der Waals surface area contributed by atoms with Crippen molar-refractivity contribution in [1.82, 2.24) is 0 Å². The van der Waals surface area contributed by atoms with E-state index >= 15 is 0 Å². The first-order chi connectivity index (χ1) is 5.75. The summed E-state index contributed by atoms with van der Waals surface area (Å²) in [5.74, 6) is 1.93. The van der Waals surface area contributed by atoms with E-state index < -0.39 is 0 Å². The van der Waals surface area contributed by atoms with Gasteiger partial charge in [-0.15, -0.1) is 6.58 Å². The molecule has 2 nitrogen and oxygen atoms in total. The molecule has 68 valence electrons. The lowest BCUT2D eigenvalue weighted by Gasteiger charge is -2.30. The van der Waals surface area contributed by atoms with Gasteiger partial charge in [-0.05, 0) is 24.3 Å². The molecule has 1 saturated heterocycles. The van der Waals surface area contributed by atoms with Gasteiger partial charge in [0.05, 0.1) is 12.5 Å². The summed E-state index contributed by atoms with van der Waals surface area (Å²) in [4.78, 5) is 11.4. The fraction of sp³-hybridized carbons (Fsp3) is 0.667. The fourth-order valence-corrected chi connectivity index (χ4v) is 2.65. The highest BCUT2D eigenvalue weighted by Gasteiger charge is 2.37. The van der Waals surface area contributed by atoms with Crippen LogP contribution >= 0.6 is 11.8 Å². The molecule has 1 aliphatic heterocycles. The number of hydrogen-bond acceptors (Lipinski definition) is 3. The summed E-state index contributed by atoms with van der Waals surface area (Å²) < 4.78 is 4.76. The third-order valence-electron chi connectivity index (χ3n) is 2.37. The molecule has 1 aliphatic rings. The van der Waals surface area contributed by atoms with Gasteiger partial charge in [-0.1, -0.05) is 6.08 Å². The first kappa shape index (κ1) is 9.65. The van der Waals surface area contributed by atoms with E-state index in [2.05, 4.69) is 6.58 Å². The van der Waals surface area contributed by atoms with E-state index in [1.165, 1.54) is 7.11 Å². The van der Waals surface area contributed by atoms with Crippen molar-refractivity contribution in [1.29, 1.82) is 0 Å². The van der Waals surface area contributed by atoms with Crippen LogP contribution in [0.3, 0.4) is 0 Å². The predicted molar refractivity (Wildman–Crippen MR) is 51.2 cm³/mol. The summed E-state index contributed by atoms with van der Waals surface area (Å²) in [5, 5.41) is 0. The number of methoxy groups -OCH3 is 1. The first-order valence-corrected chi connectivity index (χ1v) is 5.20. The monoisotopic (exact) mass is 186 g/mol. The zero-order valence-electron chi connectivity index (χ0n) is 7.34. The van der Waals surface area contributed by atoms with Gasteiger partial charge < -0.3 is 4.74 Å². The first-order valence-electron chi connectivity index (χ1n) is 4.05. The summed E-state index contributed by atoms with van der Waals surface area (Å²) in [6.07, 6.45) is 3.49. The number of carbonyl (C=O) groups excluding carboxylic acids is 1. The van der Waals surface area contributed by atoms with E-state index in [4.69, 9.17) is 4.74 Å². The molecular formula is C9H14O2S. The molecule has 1 rings (SSSR count). The maximum Gasteiger partial charge on any atom is 0.315 e. The molecule has 0 N–H and O–H groups in total. The Kier molecular flexibility index (Phi) is 3.20. The van der Waals surface area contributed by atoms with E-state index in [1.54, 1.807) is 6.08 Å². The average molecular weight is 186 g/mol. The summed E-state index contributed by atoms with van der Waals surface area (Å²) in [5.41, 5.74) is -0.389. The third kappa shape index (κ3) is 1.66. The average Bonchev–Trinajstić information content (AvgIpc) is 2.17. The second-order valence-corrected chi connectivity index (χ2v) is 4.19. The number of hydrogen-bond donors (Lipinski definition) is 0. The lowest BCUT2D eigenvalue weighted by Crippen LogP contribution is -2.33. The van der Waals surface area contributed by atoms with Gasteiger partial charge in [-0.2, -0.15) is 11.8 Å². The van der Waals surface area contributed by atoms with Crippen molar-refractivity contribution in [3.63, 3.8) is 0 Å². The van der Waals surface area contributed by atoms with Crippen molar-refractivity contribution in [2.75, 3.05) is 18.6 Å². The van der Waals surface area contributed by atoms with Crippen LogP contribution in [0, 0.1) is 5.41 Å². The Hall–Kier alpha value is -0.440. The highest BCUT2D eigenvalue weighted by atomic mass is 32.2. The quantitative estimate of drug-likeness (QED) is 0.486. The van der Waals surface area contributed by atoms with Crippen LogP contribution in [0.2, 0.25) is 0 Å².